The molecule has 15 heavy (non-hydrogen) atoms. The fraction of sp³-hybridized carbons (Fsp3) is 0.917. The zero-order valence-electron chi connectivity index (χ0n) is 9.92. The number of nitrogens with one attached hydrogen (secondary N) is 2. The van der Waals surface area contributed by atoms with E-state index in [0.717, 1.165) is 18.4 Å². The molecule has 2 fully saturated rings. The van der Waals surface area contributed by atoms with Gasteiger partial charge in [-0.3, -0.25) is 4.99 Å². The minimum atomic E-state index is 0.696. The Labute approximate surface area is 92.7 Å². The largest absolute Gasteiger partial charge is 0.354 e. The van der Waals surface area contributed by atoms with Gasteiger partial charge >= 0.3 is 0 Å². The fourth-order valence-electron chi connectivity index (χ4n) is 2.00. The third kappa shape index (κ3) is 3.40. The Balaban J connectivity index is 1.72. The van der Waals surface area contributed by atoms with Crippen LogP contribution in [-0.4, -0.2) is 24.6 Å². The molecule has 2 atom stereocenters. The summed E-state index contributed by atoms with van der Waals surface area (Å²) in [5.74, 6) is 1.95. The summed E-state index contributed by atoms with van der Waals surface area (Å²) in [6, 6.07) is 1.40. The van der Waals surface area contributed by atoms with Gasteiger partial charge in [0, 0.05) is 18.6 Å². The second kappa shape index (κ2) is 4.86. The van der Waals surface area contributed by atoms with E-state index < -0.39 is 0 Å². The second-order valence-corrected chi connectivity index (χ2v) is 4.78. The Bertz CT molecular complexity index is 233. The summed E-state index contributed by atoms with van der Waals surface area (Å²) in [5, 5.41) is 7.00. The van der Waals surface area contributed by atoms with Crippen LogP contribution in [0.4, 0.5) is 0 Å². The Morgan fingerprint density at radius 1 is 1.27 bits per heavy atom. The van der Waals surface area contributed by atoms with E-state index in [1.165, 1.54) is 32.1 Å². The van der Waals surface area contributed by atoms with Crippen molar-refractivity contribution in [3.8, 4) is 0 Å². The molecule has 86 valence electrons. The van der Waals surface area contributed by atoms with Crippen LogP contribution < -0.4 is 10.6 Å². The lowest BCUT2D eigenvalue weighted by Gasteiger charge is -2.11. The molecule has 2 aliphatic carbocycles. The summed E-state index contributed by atoms with van der Waals surface area (Å²) in [6.07, 6.45) is 6.63. The summed E-state index contributed by atoms with van der Waals surface area (Å²) >= 11 is 0. The van der Waals surface area contributed by atoms with Crippen molar-refractivity contribution in [2.45, 2.75) is 58.0 Å². The molecule has 2 aliphatic rings. The highest BCUT2D eigenvalue weighted by molar-refractivity contribution is 5.81. The average Bonchev–Trinajstić information content (AvgIpc) is 3.07. The summed E-state index contributed by atoms with van der Waals surface area (Å²) < 4.78 is 0. The maximum absolute atomic E-state index is 4.47. The van der Waals surface area contributed by atoms with E-state index in [4.69, 9.17) is 0 Å². The predicted octanol–water partition coefficient (Wildman–Crippen LogP) is 1.89. The van der Waals surface area contributed by atoms with Gasteiger partial charge < -0.3 is 10.6 Å². The van der Waals surface area contributed by atoms with E-state index in [9.17, 15) is 0 Å². The smallest absolute Gasteiger partial charge is 0.191 e. The van der Waals surface area contributed by atoms with Crippen LogP contribution in [0.3, 0.4) is 0 Å². The summed E-state index contributed by atoms with van der Waals surface area (Å²) in [5.41, 5.74) is 0. The minimum Gasteiger partial charge on any atom is -0.354 e. The first-order valence-corrected chi connectivity index (χ1v) is 6.41. The second-order valence-electron chi connectivity index (χ2n) is 4.78. The van der Waals surface area contributed by atoms with E-state index in [-0.39, 0.29) is 0 Å². The van der Waals surface area contributed by atoms with E-state index in [2.05, 4.69) is 29.5 Å². The van der Waals surface area contributed by atoms with Crippen LogP contribution in [0.1, 0.15) is 46.0 Å². The molecule has 2 rings (SSSR count). The molecule has 3 nitrogen and oxygen atoms in total. The standard InChI is InChI=1S/C12H23N3/c1-3-5-9-8-11(9)15-12(13-4-2)14-10-6-7-10/h9-11H,3-8H2,1-2H3,(H2,13,14,15). The third-order valence-corrected chi connectivity index (χ3v) is 3.14. The van der Waals surface area contributed by atoms with Crippen LogP contribution in [0.15, 0.2) is 4.99 Å². The summed E-state index contributed by atoms with van der Waals surface area (Å²) in [4.78, 5) is 4.47. The van der Waals surface area contributed by atoms with Crippen molar-refractivity contribution in [1.29, 1.82) is 0 Å². The average molecular weight is 209 g/mol. The first-order valence-electron chi connectivity index (χ1n) is 6.41. The van der Waals surface area contributed by atoms with Gasteiger partial charge in [0.2, 0.25) is 0 Å². The van der Waals surface area contributed by atoms with Crippen molar-refractivity contribution in [3.05, 3.63) is 0 Å². The number of aliphatic imine (C=N–C) groups is 1. The van der Waals surface area contributed by atoms with Crippen molar-refractivity contribution in [2.75, 3.05) is 6.54 Å². The Hall–Kier alpha value is -0.730. The molecule has 0 amide bonds. The number of nitrogens with zero attached hydrogens (tertiary/aromatic N) is 1. The SMILES string of the molecule is CCCC1CC1NC(=NCC)NC1CC1. The van der Waals surface area contributed by atoms with Crippen molar-refractivity contribution in [3.63, 3.8) is 0 Å². The molecule has 0 spiro atoms. The molecule has 0 saturated heterocycles. The maximum Gasteiger partial charge on any atom is 0.191 e. The van der Waals surface area contributed by atoms with Gasteiger partial charge in [0.1, 0.15) is 0 Å². The zero-order valence-corrected chi connectivity index (χ0v) is 9.92. The van der Waals surface area contributed by atoms with Crippen molar-refractivity contribution >= 4 is 5.96 Å². The Morgan fingerprint density at radius 3 is 2.67 bits per heavy atom. The molecule has 0 aliphatic heterocycles. The van der Waals surface area contributed by atoms with Crippen LogP contribution in [0.5, 0.6) is 0 Å². The zero-order chi connectivity index (χ0) is 10.7. The summed E-state index contributed by atoms with van der Waals surface area (Å²) in [6.45, 7) is 5.22. The molecule has 0 heterocycles. The molecule has 0 radical (unpaired) electrons. The van der Waals surface area contributed by atoms with Crippen LogP contribution in [0.25, 0.3) is 0 Å². The Morgan fingerprint density at radius 2 is 2.07 bits per heavy atom. The normalized spacial score (nSPS) is 30.1. The molecule has 2 unspecified atom stereocenters. The monoisotopic (exact) mass is 209 g/mol. The first kappa shape index (κ1) is 10.8. The first-order chi connectivity index (χ1) is 7.33. The lowest BCUT2D eigenvalue weighted by atomic mass is 10.2. The summed E-state index contributed by atoms with van der Waals surface area (Å²) in [7, 11) is 0. The predicted molar refractivity (Wildman–Crippen MR) is 64.1 cm³/mol. The van der Waals surface area contributed by atoms with Gasteiger partial charge in [-0.2, -0.15) is 0 Å². The number of rotatable bonds is 5. The van der Waals surface area contributed by atoms with Crippen LogP contribution >= 0.6 is 0 Å². The molecular weight excluding hydrogens is 186 g/mol. The molecule has 0 aromatic carbocycles. The molecular formula is C12H23N3. The van der Waals surface area contributed by atoms with Crippen LogP contribution in [-0.2, 0) is 0 Å². The molecule has 2 saturated carbocycles. The topological polar surface area (TPSA) is 36.4 Å². The number of guanidine groups is 1. The lowest BCUT2D eigenvalue weighted by Crippen LogP contribution is -2.40. The molecule has 0 aromatic heterocycles. The van der Waals surface area contributed by atoms with Gasteiger partial charge in [-0.1, -0.05) is 13.3 Å². The molecule has 0 bridgehead atoms. The van der Waals surface area contributed by atoms with Gasteiger partial charge in [-0.15, -0.1) is 0 Å². The van der Waals surface area contributed by atoms with E-state index in [1.54, 1.807) is 0 Å². The maximum atomic E-state index is 4.47. The third-order valence-electron chi connectivity index (χ3n) is 3.14. The van der Waals surface area contributed by atoms with Gasteiger partial charge in [0.05, 0.1) is 0 Å². The lowest BCUT2D eigenvalue weighted by molar-refractivity contribution is 0.654. The van der Waals surface area contributed by atoms with Gasteiger partial charge in [-0.25, -0.2) is 0 Å². The van der Waals surface area contributed by atoms with Gasteiger partial charge in [0.15, 0.2) is 5.96 Å². The van der Waals surface area contributed by atoms with Crippen molar-refractivity contribution in [2.24, 2.45) is 10.9 Å². The Kier molecular flexibility index (Phi) is 3.49. The molecule has 3 heteroatoms. The highest BCUT2D eigenvalue weighted by Crippen LogP contribution is 2.34. The fourth-order valence-corrected chi connectivity index (χ4v) is 2.00. The van der Waals surface area contributed by atoms with Crippen LogP contribution in [0.2, 0.25) is 0 Å². The minimum absolute atomic E-state index is 0.696. The van der Waals surface area contributed by atoms with Gasteiger partial charge in [0.25, 0.3) is 0 Å². The van der Waals surface area contributed by atoms with Gasteiger partial charge in [-0.05, 0) is 38.5 Å². The van der Waals surface area contributed by atoms with Crippen LogP contribution in [0, 0.1) is 5.92 Å². The highest BCUT2D eigenvalue weighted by Gasteiger charge is 2.37. The molecule has 2 N–H and O–H groups in total. The number of hydrogen-bond acceptors (Lipinski definition) is 1. The van der Waals surface area contributed by atoms with Crippen molar-refractivity contribution < 1.29 is 0 Å². The molecule has 0 aromatic rings. The highest BCUT2D eigenvalue weighted by atomic mass is 15.2. The van der Waals surface area contributed by atoms with Crippen molar-refractivity contribution in [1.82, 2.24) is 10.6 Å². The van der Waals surface area contributed by atoms with E-state index in [1.807, 2.05) is 0 Å². The number of hydrogen-bond donors (Lipinski definition) is 2. The quantitative estimate of drug-likeness (QED) is 0.536. The van der Waals surface area contributed by atoms with E-state index >= 15 is 0 Å². The van der Waals surface area contributed by atoms with E-state index in [0.29, 0.717) is 12.1 Å².